The molecule has 0 spiro atoms. The molecule has 8 heteroatoms. The summed E-state index contributed by atoms with van der Waals surface area (Å²) in [7, 11) is 3.03. The number of aryl methyl sites for hydroxylation is 2. The monoisotopic (exact) mass is 529 g/mol. The number of hydrogen-bond donors (Lipinski definition) is 1. The van der Waals surface area contributed by atoms with Crippen LogP contribution in [0.5, 0.6) is 11.5 Å². The van der Waals surface area contributed by atoms with Gasteiger partial charge >= 0.3 is 5.69 Å². The van der Waals surface area contributed by atoms with Gasteiger partial charge in [0.25, 0.3) is 11.5 Å². The molecule has 0 aliphatic heterocycles. The molecule has 8 nitrogen and oxygen atoms in total. The Kier molecular flexibility index (Phi) is 8.24. The van der Waals surface area contributed by atoms with Gasteiger partial charge in [-0.1, -0.05) is 42.8 Å². The quantitative estimate of drug-likeness (QED) is 0.347. The first-order valence-corrected chi connectivity index (χ1v) is 13.0. The molecular formula is C31H35N3O5. The lowest BCUT2D eigenvalue weighted by molar-refractivity contribution is 0.0939. The van der Waals surface area contributed by atoms with Crippen molar-refractivity contribution in [1.82, 2.24) is 14.5 Å². The van der Waals surface area contributed by atoms with Crippen molar-refractivity contribution in [2.75, 3.05) is 14.2 Å². The second kappa shape index (κ2) is 11.6. The van der Waals surface area contributed by atoms with E-state index in [1.807, 2.05) is 45.9 Å². The highest BCUT2D eigenvalue weighted by Gasteiger charge is 2.18. The molecule has 0 radical (unpaired) electrons. The van der Waals surface area contributed by atoms with E-state index in [0.29, 0.717) is 28.0 Å². The van der Waals surface area contributed by atoms with E-state index in [1.165, 1.54) is 18.8 Å². The van der Waals surface area contributed by atoms with Crippen LogP contribution in [0.3, 0.4) is 0 Å². The molecule has 1 heterocycles. The summed E-state index contributed by atoms with van der Waals surface area (Å²) in [6.45, 7) is 8.31. The predicted molar refractivity (Wildman–Crippen MR) is 153 cm³/mol. The van der Waals surface area contributed by atoms with Crippen LogP contribution < -0.4 is 26.0 Å². The van der Waals surface area contributed by atoms with E-state index in [9.17, 15) is 14.4 Å². The number of benzene rings is 3. The van der Waals surface area contributed by atoms with Crippen LogP contribution in [-0.4, -0.2) is 35.3 Å². The summed E-state index contributed by atoms with van der Waals surface area (Å²) >= 11 is 0. The highest BCUT2D eigenvalue weighted by molar-refractivity contribution is 5.94. The average Bonchev–Trinajstić information content (AvgIpc) is 2.94. The molecule has 0 aliphatic carbocycles. The number of amides is 1. The number of methoxy groups -OCH3 is 2. The molecule has 4 rings (SSSR count). The van der Waals surface area contributed by atoms with Gasteiger partial charge in [-0.2, -0.15) is 0 Å². The number of hydrogen-bond acceptors (Lipinski definition) is 5. The van der Waals surface area contributed by atoms with Crippen molar-refractivity contribution in [2.24, 2.45) is 0 Å². The zero-order valence-electron chi connectivity index (χ0n) is 23.3. The predicted octanol–water partition coefficient (Wildman–Crippen LogP) is 4.42. The maximum atomic E-state index is 13.9. The van der Waals surface area contributed by atoms with Crippen molar-refractivity contribution in [1.29, 1.82) is 0 Å². The highest BCUT2D eigenvalue weighted by atomic mass is 16.5. The minimum atomic E-state index is -0.431. The summed E-state index contributed by atoms with van der Waals surface area (Å²) in [5.74, 6) is 0.681. The fourth-order valence-corrected chi connectivity index (χ4v) is 4.53. The van der Waals surface area contributed by atoms with Crippen molar-refractivity contribution in [3.8, 4) is 11.5 Å². The molecule has 1 aromatic heterocycles. The summed E-state index contributed by atoms with van der Waals surface area (Å²) in [6, 6.07) is 16.4. The van der Waals surface area contributed by atoms with Crippen molar-refractivity contribution in [3.05, 3.63) is 103 Å². The SMILES string of the molecule is CCC(C)NC(=O)c1ccc(Cn2c(=O)c3cc(OC)c(OC)cc3n(Cc3cc(C)ccc3C)c2=O)cc1. The first-order valence-electron chi connectivity index (χ1n) is 13.0. The normalized spacial score (nSPS) is 11.8. The van der Waals surface area contributed by atoms with Crippen LogP contribution in [0.15, 0.2) is 64.2 Å². The third-order valence-electron chi connectivity index (χ3n) is 7.11. The van der Waals surface area contributed by atoms with Crippen LogP contribution in [0.4, 0.5) is 0 Å². The second-order valence-corrected chi connectivity index (χ2v) is 9.89. The first kappa shape index (κ1) is 27.7. The molecule has 0 saturated carbocycles. The lowest BCUT2D eigenvalue weighted by atomic mass is 10.1. The van der Waals surface area contributed by atoms with Gasteiger partial charge in [-0.25, -0.2) is 4.79 Å². The van der Waals surface area contributed by atoms with E-state index in [-0.39, 0.29) is 25.0 Å². The van der Waals surface area contributed by atoms with E-state index in [1.54, 1.807) is 41.0 Å². The Morgan fingerprint density at radius 3 is 2.21 bits per heavy atom. The van der Waals surface area contributed by atoms with Crippen molar-refractivity contribution in [3.63, 3.8) is 0 Å². The fraction of sp³-hybridized carbons (Fsp3) is 0.323. The lowest BCUT2D eigenvalue weighted by Gasteiger charge is -2.18. The molecule has 39 heavy (non-hydrogen) atoms. The molecule has 0 fully saturated rings. The van der Waals surface area contributed by atoms with Gasteiger partial charge in [0.05, 0.1) is 38.2 Å². The van der Waals surface area contributed by atoms with E-state index in [2.05, 4.69) is 5.32 Å². The van der Waals surface area contributed by atoms with Gasteiger partial charge in [0, 0.05) is 17.7 Å². The van der Waals surface area contributed by atoms with Crippen molar-refractivity contribution < 1.29 is 14.3 Å². The summed E-state index contributed by atoms with van der Waals surface area (Å²) in [5.41, 5.74) is 3.97. The molecule has 0 aliphatic rings. The van der Waals surface area contributed by atoms with Gasteiger partial charge in [0.1, 0.15) is 0 Å². The van der Waals surface area contributed by atoms with Crippen LogP contribution in [-0.2, 0) is 13.1 Å². The number of carbonyl (C=O) groups excluding carboxylic acids is 1. The van der Waals surface area contributed by atoms with E-state index < -0.39 is 11.2 Å². The van der Waals surface area contributed by atoms with E-state index in [0.717, 1.165) is 28.7 Å². The molecular weight excluding hydrogens is 494 g/mol. The molecule has 4 aromatic rings. The fourth-order valence-electron chi connectivity index (χ4n) is 4.53. The van der Waals surface area contributed by atoms with Crippen molar-refractivity contribution >= 4 is 16.8 Å². The molecule has 1 atom stereocenters. The molecule has 1 unspecified atom stereocenters. The summed E-state index contributed by atoms with van der Waals surface area (Å²) in [4.78, 5) is 40.0. The molecule has 0 bridgehead atoms. The largest absolute Gasteiger partial charge is 0.493 e. The molecule has 3 aromatic carbocycles. The number of ether oxygens (including phenoxy) is 2. The van der Waals surface area contributed by atoms with Gasteiger partial charge in [-0.05, 0) is 62.1 Å². The van der Waals surface area contributed by atoms with E-state index in [4.69, 9.17) is 9.47 Å². The summed E-state index contributed by atoms with van der Waals surface area (Å²) in [5, 5.41) is 3.29. The Hall–Kier alpha value is -4.33. The number of carbonyl (C=O) groups is 1. The molecule has 0 saturated heterocycles. The minimum absolute atomic E-state index is 0.0576. The van der Waals surface area contributed by atoms with Gasteiger partial charge in [0.15, 0.2) is 11.5 Å². The van der Waals surface area contributed by atoms with E-state index >= 15 is 0 Å². The highest BCUT2D eigenvalue weighted by Crippen LogP contribution is 2.30. The molecule has 1 N–H and O–H groups in total. The maximum Gasteiger partial charge on any atom is 0.332 e. The zero-order chi connectivity index (χ0) is 28.3. The Bertz CT molecular complexity index is 1630. The summed E-state index contributed by atoms with van der Waals surface area (Å²) < 4.78 is 13.8. The topological polar surface area (TPSA) is 91.6 Å². The van der Waals surface area contributed by atoms with Crippen LogP contribution in [0.25, 0.3) is 10.9 Å². The van der Waals surface area contributed by atoms with Crippen molar-refractivity contribution in [2.45, 2.75) is 53.2 Å². The summed E-state index contributed by atoms with van der Waals surface area (Å²) in [6.07, 6.45) is 0.833. The smallest absolute Gasteiger partial charge is 0.332 e. The minimum Gasteiger partial charge on any atom is -0.493 e. The molecule has 1 amide bonds. The third kappa shape index (κ3) is 5.74. The van der Waals surface area contributed by atoms with Gasteiger partial charge < -0.3 is 14.8 Å². The van der Waals surface area contributed by atoms with Crippen LogP contribution in [0, 0.1) is 13.8 Å². The third-order valence-corrected chi connectivity index (χ3v) is 7.11. The maximum absolute atomic E-state index is 13.9. The van der Waals surface area contributed by atoms with Crippen LogP contribution in [0.1, 0.15) is 52.9 Å². The Labute approximate surface area is 227 Å². The number of nitrogens with one attached hydrogen (secondary N) is 1. The van der Waals surface area contributed by atoms with Gasteiger partial charge in [0.2, 0.25) is 0 Å². The average molecular weight is 530 g/mol. The number of aromatic nitrogens is 2. The van der Waals surface area contributed by atoms with Gasteiger partial charge in [-0.3, -0.25) is 18.7 Å². The standard InChI is InChI=1S/C31H35N3O5/c1-7-21(4)32-29(35)23-12-10-22(11-13-23)17-34-30(36)25-15-27(38-5)28(39-6)16-26(25)33(31(34)37)18-24-14-19(2)8-9-20(24)3/h8-16,21H,7,17-18H2,1-6H3,(H,32,35). The molecule has 204 valence electrons. The number of fused-ring (bicyclic) bond motifs is 1. The first-order chi connectivity index (χ1) is 18.7. The zero-order valence-corrected chi connectivity index (χ0v) is 23.3. The second-order valence-electron chi connectivity index (χ2n) is 9.89. The number of nitrogens with zero attached hydrogens (tertiary/aromatic N) is 2. The van der Waals surface area contributed by atoms with Crippen LogP contribution >= 0.6 is 0 Å². The lowest BCUT2D eigenvalue weighted by Crippen LogP contribution is -2.40. The van der Waals surface area contributed by atoms with Crippen LogP contribution in [0.2, 0.25) is 0 Å². The Balaban J connectivity index is 1.83. The number of rotatable bonds is 9. The van der Waals surface area contributed by atoms with Gasteiger partial charge in [-0.15, -0.1) is 0 Å². The Morgan fingerprint density at radius 2 is 1.56 bits per heavy atom. The Morgan fingerprint density at radius 1 is 0.897 bits per heavy atom.